The van der Waals surface area contributed by atoms with Crippen molar-refractivity contribution < 1.29 is 14.2 Å². The molecule has 1 heterocycles. The molecule has 1 N–H and O–H groups in total. The predicted molar refractivity (Wildman–Crippen MR) is 62.1 cm³/mol. The average Bonchev–Trinajstić information content (AvgIpc) is 2.74. The van der Waals surface area contributed by atoms with Crippen molar-refractivity contribution in [1.82, 2.24) is 0 Å². The molecule has 16 heavy (non-hydrogen) atoms. The minimum atomic E-state index is 0.318. The van der Waals surface area contributed by atoms with E-state index in [9.17, 15) is 0 Å². The summed E-state index contributed by atoms with van der Waals surface area (Å²) in [5, 5.41) is 3.34. The zero-order valence-electron chi connectivity index (χ0n) is 9.66. The molecule has 0 saturated heterocycles. The van der Waals surface area contributed by atoms with Gasteiger partial charge in [0.25, 0.3) is 0 Å². The van der Waals surface area contributed by atoms with E-state index >= 15 is 0 Å². The Labute approximate surface area is 95.5 Å². The molecule has 0 saturated carbocycles. The Balaban J connectivity index is 1.90. The summed E-state index contributed by atoms with van der Waals surface area (Å²) in [5.41, 5.74) is 1.05. The Kier molecular flexibility index (Phi) is 3.51. The fourth-order valence-electron chi connectivity index (χ4n) is 1.64. The first-order chi connectivity index (χ1) is 7.79. The smallest absolute Gasteiger partial charge is 0.231 e. The van der Waals surface area contributed by atoms with Gasteiger partial charge in [0.05, 0.1) is 6.61 Å². The van der Waals surface area contributed by atoms with E-state index in [0.717, 1.165) is 30.3 Å². The maximum atomic E-state index is 5.31. The Bertz CT molecular complexity index is 354. The zero-order valence-corrected chi connectivity index (χ0v) is 9.66. The number of rotatable bonds is 5. The van der Waals surface area contributed by atoms with Gasteiger partial charge in [-0.3, -0.25) is 0 Å². The van der Waals surface area contributed by atoms with E-state index in [0.29, 0.717) is 12.7 Å². The van der Waals surface area contributed by atoms with Gasteiger partial charge >= 0.3 is 0 Å². The van der Waals surface area contributed by atoms with Crippen LogP contribution in [0.5, 0.6) is 11.5 Å². The highest BCUT2D eigenvalue weighted by Crippen LogP contribution is 2.34. The van der Waals surface area contributed by atoms with Crippen LogP contribution in [0.25, 0.3) is 0 Å². The fraction of sp³-hybridized carbons (Fsp3) is 0.500. The van der Waals surface area contributed by atoms with Gasteiger partial charge in [0.1, 0.15) is 0 Å². The van der Waals surface area contributed by atoms with Crippen molar-refractivity contribution in [3.8, 4) is 11.5 Å². The van der Waals surface area contributed by atoms with Crippen LogP contribution in [0.15, 0.2) is 18.2 Å². The Morgan fingerprint density at radius 3 is 3.00 bits per heavy atom. The minimum Gasteiger partial charge on any atom is -0.454 e. The Morgan fingerprint density at radius 1 is 1.38 bits per heavy atom. The molecule has 1 aromatic carbocycles. The van der Waals surface area contributed by atoms with Crippen molar-refractivity contribution in [2.75, 3.05) is 32.4 Å². The molecule has 0 amide bonds. The van der Waals surface area contributed by atoms with Gasteiger partial charge in [-0.2, -0.15) is 0 Å². The second kappa shape index (κ2) is 5.07. The molecule has 1 aromatic rings. The third kappa shape index (κ3) is 2.58. The first kappa shape index (κ1) is 11.1. The first-order valence-electron chi connectivity index (χ1n) is 5.42. The number of hydrogen-bond acceptors (Lipinski definition) is 4. The lowest BCUT2D eigenvalue weighted by molar-refractivity contribution is 0.164. The normalized spacial score (nSPS) is 14.9. The molecule has 1 aliphatic rings. The molecule has 1 unspecified atom stereocenters. The maximum absolute atomic E-state index is 5.31. The number of methoxy groups -OCH3 is 1. The van der Waals surface area contributed by atoms with Gasteiger partial charge < -0.3 is 19.5 Å². The van der Waals surface area contributed by atoms with Crippen molar-refractivity contribution in [1.29, 1.82) is 0 Å². The van der Waals surface area contributed by atoms with Gasteiger partial charge in [-0.1, -0.05) is 6.92 Å². The number of anilines is 1. The summed E-state index contributed by atoms with van der Waals surface area (Å²) >= 11 is 0. The van der Waals surface area contributed by atoms with Crippen molar-refractivity contribution in [3.63, 3.8) is 0 Å². The van der Waals surface area contributed by atoms with Gasteiger partial charge in [0, 0.05) is 25.4 Å². The summed E-state index contributed by atoms with van der Waals surface area (Å²) in [4.78, 5) is 0. The first-order valence-corrected chi connectivity index (χ1v) is 5.42. The van der Waals surface area contributed by atoms with E-state index in [1.807, 2.05) is 18.2 Å². The third-order valence-corrected chi connectivity index (χ3v) is 2.48. The van der Waals surface area contributed by atoms with E-state index in [1.165, 1.54) is 0 Å². The number of fused-ring (bicyclic) bond motifs is 1. The van der Waals surface area contributed by atoms with Crippen LogP contribution in [0.1, 0.15) is 6.92 Å². The van der Waals surface area contributed by atoms with Gasteiger partial charge in [-0.05, 0) is 18.1 Å². The van der Waals surface area contributed by atoms with E-state index in [2.05, 4.69) is 12.2 Å². The lowest BCUT2D eigenvalue weighted by atomic mass is 10.2. The zero-order chi connectivity index (χ0) is 11.4. The highest BCUT2D eigenvalue weighted by Gasteiger charge is 2.13. The topological polar surface area (TPSA) is 39.7 Å². The second-order valence-corrected chi connectivity index (χ2v) is 4.01. The Hall–Kier alpha value is -1.42. The summed E-state index contributed by atoms with van der Waals surface area (Å²) in [7, 11) is 1.72. The number of hydrogen-bond donors (Lipinski definition) is 1. The van der Waals surface area contributed by atoms with Gasteiger partial charge in [-0.15, -0.1) is 0 Å². The van der Waals surface area contributed by atoms with Crippen LogP contribution in [0.2, 0.25) is 0 Å². The highest BCUT2D eigenvalue weighted by atomic mass is 16.7. The minimum absolute atomic E-state index is 0.318. The van der Waals surface area contributed by atoms with Crippen LogP contribution >= 0.6 is 0 Å². The molecule has 4 heteroatoms. The molecule has 0 bridgehead atoms. The van der Waals surface area contributed by atoms with E-state index in [1.54, 1.807) is 7.11 Å². The van der Waals surface area contributed by atoms with E-state index in [4.69, 9.17) is 14.2 Å². The maximum Gasteiger partial charge on any atom is 0.231 e. The molecule has 2 rings (SSSR count). The summed E-state index contributed by atoms with van der Waals surface area (Å²) in [6, 6.07) is 5.88. The van der Waals surface area contributed by atoms with Gasteiger partial charge in [0.15, 0.2) is 11.5 Å². The average molecular weight is 223 g/mol. The van der Waals surface area contributed by atoms with Crippen LogP contribution in [-0.2, 0) is 4.74 Å². The molecule has 0 fully saturated rings. The third-order valence-electron chi connectivity index (χ3n) is 2.48. The van der Waals surface area contributed by atoms with Crippen LogP contribution in [0.4, 0.5) is 5.69 Å². The number of nitrogens with one attached hydrogen (secondary N) is 1. The lowest BCUT2D eigenvalue weighted by Gasteiger charge is -2.12. The lowest BCUT2D eigenvalue weighted by Crippen LogP contribution is -2.15. The van der Waals surface area contributed by atoms with Crippen molar-refractivity contribution in [2.45, 2.75) is 6.92 Å². The summed E-state index contributed by atoms with van der Waals surface area (Å²) in [5.74, 6) is 2.11. The van der Waals surface area contributed by atoms with Crippen LogP contribution in [0, 0.1) is 5.92 Å². The van der Waals surface area contributed by atoms with Crippen LogP contribution in [-0.4, -0.2) is 27.1 Å². The number of ether oxygens (including phenoxy) is 3. The van der Waals surface area contributed by atoms with Crippen LogP contribution < -0.4 is 14.8 Å². The summed E-state index contributed by atoms with van der Waals surface area (Å²) in [6.07, 6.45) is 0. The largest absolute Gasteiger partial charge is 0.454 e. The Morgan fingerprint density at radius 2 is 2.19 bits per heavy atom. The SMILES string of the molecule is COCC(C)CNc1ccc2c(c1)OCO2. The molecule has 4 nitrogen and oxygen atoms in total. The van der Waals surface area contributed by atoms with Gasteiger partial charge in [0.2, 0.25) is 6.79 Å². The summed E-state index contributed by atoms with van der Waals surface area (Å²) < 4.78 is 15.6. The van der Waals surface area contributed by atoms with Crippen LogP contribution in [0.3, 0.4) is 0 Å². The van der Waals surface area contributed by atoms with Crippen molar-refractivity contribution >= 4 is 5.69 Å². The van der Waals surface area contributed by atoms with Crippen molar-refractivity contribution in [3.05, 3.63) is 18.2 Å². The van der Waals surface area contributed by atoms with E-state index in [-0.39, 0.29) is 0 Å². The standard InChI is InChI=1S/C12H17NO3/c1-9(7-14-2)6-13-10-3-4-11-12(5-10)16-8-15-11/h3-5,9,13H,6-8H2,1-2H3. The fourth-order valence-corrected chi connectivity index (χ4v) is 1.64. The molecule has 0 radical (unpaired) electrons. The molecule has 88 valence electrons. The highest BCUT2D eigenvalue weighted by molar-refractivity contribution is 5.55. The molecule has 0 aliphatic carbocycles. The molecular formula is C12H17NO3. The quantitative estimate of drug-likeness (QED) is 0.830. The van der Waals surface area contributed by atoms with Crippen molar-refractivity contribution in [2.24, 2.45) is 5.92 Å². The molecular weight excluding hydrogens is 206 g/mol. The number of benzene rings is 1. The van der Waals surface area contributed by atoms with Gasteiger partial charge in [-0.25, -0.2) is 0 Å². The summed E-state index contributed by atoms with van der Waals surface area (Å²) in [6.45, 7) is 4.10. The molecule has 1 aliphatic heterocycles. The second-order valence-electron chi connectivity index (χ2n) is 4.01. The predicted octanol–water partition coefficient (Wildman–Crippen LogP) is 2.11. The monoisotopic (exact) mass is 223 g/mol. The molecule has 0 spiro atoms. The molecule has 0 aromatic heterocycles. The van der Waals surface area contributed by atoms with E-state index < -0.39 is 0 Å². The molecule has 1 atom stereocenters.